The maximum absolute atomic E-state index is 5.26. The summed E-state index contributed by atoms with van der Waals surface area (Å²) in [6.07, 6.45) is 3.39. The van der Waals surface area contributed by atoms with E-state index in [4.69, 9.17) is 9.47 Å². The van der Waals surface area contributed by atoms with Crippen LogP contribution in [-0.2, 0) is 4.74 Å². The topological polar surface area (TPSA) is 31.4 Å². The zero-order chi connectivity index (χ0) is 7.94. The van der Waals surface area contributed by atoms with Crippen LogP contribution >= 0.6 is 0 Å². The smallest absolute Gasteiger partial charge is 0.137 e. The third kappa shape index (κ3) is 3.00. The number of methoxy groups -OCH3 is 1. The highest BCUT2D eigenvalue weighted by atomic mass is 16.5. The second-order valence-electron chi connectivity index (χ2n) is 2.03. The molecule has 11 heavy (non-hydrogen) atoms. The van der Waals surface area contributed by atoms with Gasteiger partial charge in [0, 0.05) is 13.3 Å². The van der Waals surface area contributed by atoms with Crippen LogP contribution < -0.4 is 4.74 Å². The van der Waals surface area contributed by atoms with Gasteiger partial charge in [-0.2, -0.15) is 0 Å². The van der Waals surface area contributed by atoms with Crippen LogP contribution in [0.25, 0.3) is 0 Å². The minimum absolute atomic E-state index is 0.572. The van der Waals surface area contributed by atoms with Crippen molar-refractivity contribution in [2.45, 2.75) is 0 Å². The van der Waals surface area contributed by atoms with Gasteiger partial charge in [-0.1, -0.05) is 0 Å². The van der Waals surface area contributed by atoms with Gasteiger partial charge in [0.1, 0.15) is 12.4 Å². The quantitative estimate of drug-likeness (QED) is 0.607. The first kappa shape index (κ1) is 8.01. The average Bonchev–Trinajstić information content (AvgIpc) is 2.07. The van der Waals surface area contributed by atoms with E-state index < -0.39 is 0 Å². The predicted octanol–water partition coefficient (Wildman–Crippen LogP) is 1.11. The number of hydrogen-bond donors (Lipinski definition) is 0. The molecule has 0 aromatic carbocycles. The molecule has 0 amide bonds. The predicted molar refractivity (Wildman–Crippen MR) is 41.6 cm³/mol. The fourth-order valence-corrected chi connectivity index (χ4v) is 0.675. The standard InChI is InChI=1S/C8H11NO2/c1-10-5-6-11-8-3-2-4-9-7-8/h2-4,7H,5-6H2,1H3. The summed E-state index contributed by atoms with van der Waals surface area (Å²) >= 11 is 0. The zero-order valence-electron chi connectivity index (χ0n) is 6.49. The molecule has 0 bridgehead atoms. The molecule has 1 aromatic heterocycles. The molecule has 3 nitrogen and oxygen atoms in total. The molecule has 0 spiro atoms. The molecule has 0 aliphatic heterocycles. The molecule has 1 rings (SSSR count). The van der Waals surface area contributed by atoms with Crippen LogP contribution in [0.15, 0.2) is 24.5 Å². The van der Waals surface area contributed by atoms with Gasteiger partial charge in [0.05, 0.1) is 12.8 Å². The zero-order valence-corrected chi connectivity index (χ0v) is 6.49. The Morgan fingerprint density at radius 1 is 1.45 bits per heavy atom. The van der Waals surface area contributed by atoms with Crippen LogP contribution in [-0.4, -0.2) is 25.3 Å². The molecule has 0 unspecified atom stereocenters. The van der Waals surface area contributed by atoms with Crippen LogP contribution in [0.1, 0.15) is 0 Å². The van der Waals surface area contributed by atoms with E-state index in [0.29, 0.717) is 13.2 Å². The van der Waals surface area contributed by atoms with E-state index >= 15 is 0 Å². The summed E-state index contributed by atoms with van der Waals surface area (Å²) in [5.74, 6) is 0.782. The Balaban J connectivity index is 2.28. The summed E-state index contributed by atoms with van der Waals surface area (Å²) in [6.45, 7) is 1.18. The monoisotopic (exact) mass is 153 g/mol. The Morgan fingerprint density at radius 3 is 3.00 bits per heavy atom. The molecule has 0 aliphatic rings. The van der Waals surface area contributed by atoms with Gasteiger partial charge in [-0.3, -0.25) is 4.98 Å². The fraction of sp³-hybridized carbons (Fsp3) is 0.375. The summed E-state index contributed by atoms with van der Waals surface area (Å²) in [6, 6.07) is 3.70. The average molecular weight is 153 g/mol. The van der Waals surface area contributed by atoms with Crippen molar-refractivity contribution in [2.24, 2.45) is 0 Å². The van der Waals surface area contributed by atoms with E-state index in [2.05, 4.69) is 4.98 Å². The molecule has 0 saturated heterocycles. The van der Waals surface area contributed by atoms with Crippen molar-refractivity contribution >= 4 is 0 Å². The van der Waals surface area contributed by atoms with Gasteiger partial charge in [-0.25, -0.2) is 0 Å². The fourth-order valence-electron chi connectivity index (χ4n) is 0.675. The van der Waals surface area contributed by atoms with E-state index in [1.165, 1.54) is 0 Å². The largest absolute Gasteiger partial charge is 0.490 e. The van der Waals surface area contributed by atoms with Crippen LogP contribution in [0.5, 0.6) is 5.75 Å². The van der Waals surface area contributed by atoms with Crippen LogP contribution in [0.3, 0.4) is 0 Å². The summed E-state index contributed by atoms with van der Waals surface area (Å²) in [4.78, 5) is 3.90. The number of hydrogen-bond acceptors (Lipinski definition) is 3. The van der Waals surface area contributed by atoms with Crippen molar-refractivity contribution in [3.63, 3.8) is 0 Å². The normalized spacial score (nSPS) is 9.55. The lowest BCUT2D eigenvalue weighted by molar-refractivity contribution is 0.146. The van der Waals surface area contributed by atoms with Gasteiger partial charge >= 0.3 is 0 Å². The summed E-state index contributed by atoms with van der Waals surface area (Å²) in [7, 11) is 1.65. The first-order valence-electron chi connectivity index (χ1n) is 3.45. The van der Waals surface area contributed by atoms with E-state index in [9.17, 15) is 0 Å². The van der Waals surface area contributed by atoms with Crippen molar-refractivity contribution in [3.8, 4) is 5.75 Å². The Hall–Kier alpha value is -1.09. The lowest BCUT2D eigenvalue weighted by Gasteiger charge is -2.02. The van der Waals surface area contributed by atoms with E-state index in [0.717, 1.165) is 5.75 Å². The molecule has 0 atom stereocenters. The summed E-state index contributed by atoms with van der Waals surface area (Å²) < 4.78 is 10.1. The van der Waals surface area contributed by atoms with Gasteiger partial charge < -0.3 is 9.47 Å². The molecular formula is C8H11NO2. The molecule has 0 fully saturated rings. The third-order valence-electron chi connectivity index (χ3n) is 1.19. The molecule has 3 heteroatoms. The van der Waals surface area contributed by atoms with E-state index in [1.54, 1.807) is 19.5 Å². The minimum Gasteiger partial charge on any atom is -0.490 e. The van der Waals surface area contributed by atoms with Gasteiger partial charge in [0.2, 0.25) is 0 Å². The van der Waals surface area contributed by atoms with Gasteiger partial charge in [0.15, 0.2) is 0 Å². The molecule has 0 saturated carbocycles. The van der Waals surface area contributed by atoms with Crippen LogP contribution in [0.4, 0.5) is 0 Å². The highest BCUT2D eigenvalue weighted by molar-refractivity contribution is 5.15. The first-order valence-corrected chi connectivity index (χ1v) is 3.45. The Morgan fingerprint density at radius 2 is 2.36 bits per heavy atom. The maximum atomic E-state index is 5.26. The lowest BCUT2D eigenvalue weighted by atomic mass is 10.5. The van der Waals surface area contributed by atoms with Crippen molar-refractivity contribution < 1.29 is 9.47 Å². The number of rotatable bonds is 4. The van der Waals surface area contributed by atoms with Gasteiger partial charge in [-0.05, 0) is 12.1 Å². The van der Waals surface area contributed by atoms with Crippen molar-refractivity contribution in [1.82, 2.24) is 4.98 Å². The highest BCUT2D eigenvalue weighted by Gasteiger charge is 1.89. The van der Waals surface area contributed by atoms with Crippen molar-refractivity contribution in [2.75, 3.05) is 20.3 Å². The second kappa shape index (κ2) is 4.68. The number of nitrogens with zero attached hydrogens (tertiary/aromatic N) is 1. The van der Waals surface area contributed by atoms with E-state index in [-0.39, 0.29) is 0 Å². The number of ether oxygens (including phenoxy) is 2. The van der Waals surface area contributed by atoms with Gasteiger partial charge in [-0.15, -0.1) is 0 Å². The molecule has 0 aliphatic carbocycles. The van der Waals surface area contributed by atoms with Crippen molar-refractivity contribution in [1.29, 1.82) is 0 Å². The summed E-state index contributed by atoms with van der Waals surface area (Å²) in [5.41, 5.74) is 0. The maximum Gasteiger partial charge on any atom is 0.137 e. The molecule has 0 N–H and O–H groups in total. The van der Waals surface area contributed by atoms with Crippen molar-refractivity contribution in [3.05, 3.63) is 24.5 Å². The second-order valence-corrected chi connectivity index (χ2v) is 2.03. The Kier molecular flexibility index (Phi) is 3.41. The Bertz CT molecular complexity index is 189. The SMILES string of the molecule is COCCOc1cccnc1. The number of pyridine rings is 1. The molecule has 1 heterocycles. The molecule has 0 radical (unpaired) electrons. The highest BCUT2D eigenvalue weighted by Crippen LogP contribution is 2.04. The lowest BCUT2D eigenvalue weighted by Crippen LogP contribution is -2.03. The Labute approximate surface area is 66.0 Å². The molecule has 60 valence electrons. The van der Waals surface area contributed by atoms with Gasteiger partial charge in [0.25, 0.3) is 0 Å². The van der Waals surface area contributed by atoms with Crippen LogP contribution in [0, 0.1) is 0 Å². The molecule has 1 aromatic rings. The molecular weight excluding hydrogens is 142 g/mol. The number of aromatic nitrogens is 1. The minimum atomic E-state index is 0.572. The summed E-state index contributed by atoms with van der Waals surface area (Å²) in [5, 5.41) is 0. The first-order chi connectivity index (χ1) is 5.43. The van der Waals surface area contributed by atoms with Crippen LogP contribution in [0.2, 0.25) is 0 Å². The third-order valence-corrected chi connectivity index (χ3v) is 1.19. The van der Waals surface area contributed by atoms with E-state index in [1.807, 2.05) is 12.1 Å².